The minimum atomic E-state index is -2.43. The summed E-state index contributed by atoms with van der Waals surface area (Å²) in [6, 6.07) is -2.28. The van der Waals surface area contributed by atoms with E-state index in [1.54, 1.807) is 82.1 Å². The number of carbonyl (C=O) groups is 10. The zero-order valence-corrected chi connectivity index (χ0v) is 83.0. The maximum Gasteiger partial charge on any atom is 0.329 e. The van der Waals surface area contributed by atoms with Crippen LogP contribution in [0.1, 0.15) is 251 Å². The van der Waals surface area contributed by atoms with Crippen LogP contribution in [0, 0.1) is 71.0 Å². The van der Waals surface area contributed by atoms with E-state index in [2.05, 4.69) is 0 Å². The van der Waals surface area contributed by atoms with Crippen molar-refractivity contribution in [3.05, 3.63) is 95.2 Å². The summed E-state index contributed by atoms with van der Waals surface area (Å²) >= 11 is 0. The monoisotopic (exact) mass is 1870 g/mol. The van der Waals surface area contributed by atoms with Gasteiger partial charge in [-0.3, -0.25) is 38.4 Å². The molecule has 29 nitrogen and oxygen atoms in total. The van der Waals surface area contributed by atoms with Gasteiger partial charge in [-0.2, -0.15) is 0 Å². The molecule has 30 atom stereocenters. The lowest BCUT2D eigenvalue weighted by molar-refractivity contribution is -0.265. The minimum Gasteiger partial charge on any atom is -0.460 e. The number of piperidine rings is 2. The van der Waals surface area contributed by atoms with Gasteiger partial charge in [-0.15, -0.1) is 0 Å². The zero-order valence-electron chi connectivity index (χ0n) is 83.0. The quantitative estimate of drug-likeness (QED) is 0.0504. The number of rotatable bonds is 15. The van der Waals surface area contributed by atoms with Crippen molar-refractivity contribution >= 4 is 58.5 Å². The fraction of sp³-hybridized carbons (Fsp3) is 0.750. The average molecular weight is 1870 g/mol. The number of methoxy groups -OCH3 is 6. The Bertz CT molecular complexity index is 4070. The number of aliphatic hydroxyl groups is 6. The highest BCUT2D eigenvalue weighted by atomic mass is 16.6. The van der Waals surface area contributed by atoms with Gasteiger partial charge < -0.3 is 92.5 Å². The molecule has 0 unspecified atom stereocenters. The average Bonchev–Trinajstić information content (AvgIpc) is 0.779. The molecule has 2 aliphatic carbocycles. The summed E-state index contributed by atoms with van der Waals surface area (Å²) in [6.45, 7) is 25.6. The smallest absolute Gasteiger partial charge is 0.329 e. The number of hydrogen-bond acceptors (Lipinski definition) is 27. The van der Waals surface area contributed by atoms with Crippen LogP contribution in [0.3, 0.4) is 0 Å². The van der Waals surface area contributed by atoms with Gasteiger partial charge in [-0.25, -0.2) is 9.59 Å². The SMILES string of the molecule is CO[C@H]1C[C@@H]2CC[C@@H](C)[C@@](O)(O2)C(=O)C(=O)N2CCCC[C@H]2C(=O)O[C@H]([C@@H](C)C[C@@H]2CC[C@@H](OCCO)[C@H](OC)C2)CC(=O)[C@H](C)/C=C(\C)[C@@H](O)[C@@H](OC)C(=O)[C@H](C)C[C@H](C)/C=C/C=CC=C1C.CO[C@H]1C[C@@H]2CC[C@@H](C)[C@@](O)(O2)C(=O)C(=O)N2CCCC[C@H]2C(=O)O[C@H]([C@H](C)C[C@@H]2CC[C@@H](O)[C@H](OC)C2)CC(=O)[C@H](C)/C=C(\C)[C@@H](O)[C@@H](OC)C(=O)[C@H](C)C[C@H](C)/C=C/C=CC=C1C. The van der Waals surface area contributed by atoms with Crippen LogP contribution in [0.4, 0.5) is 0 Å². The number of cyclic esters (lactones) is 2. The van der Waals surface area contributed by atoms with Crippen molar-refractivity contribution in [1.29, 1.82) is 0 Å². The van der Waals surface area contributed by atoms with Crippen molar-refractivity contribution in [3.8, 4) is 0 Å². The van der Waals surface area contributed by atoms with Crippen LogP contribution in [0.5, 0.6) is 0 Å². The number of allylic oxidation sites excluding steroid dienone is 12. The molecule has 29 heteroatoms. The number of ketones is 6. The topological polar surface area (TPSA) is 400 Å². The molecule has 6 fully saturated rings. The number of esters is 2. The molecular weight excluding hydrogens is 1710 g/mol. The van der Waals surface area contributed by atoms with Gasteiger partial charge in [-0.1, -0.05) is 142 Å². The van der Waals surface area contributed by atoms with E-state index in [1.165, 1.54) is 24.0 Å². The third-order valence-corrected chi connectivity index (χ3v) is 29.4. The summed E-state index contributed by atoms with van der Waals surface area (Å²) in [5, 5.41) is 66.6. The van der Waals surface area contributed by atoms with E-state index in [-0.39, 0.29) is 129 Å². The summed E-state index contributed by atoms with van der Waals surface area (Å²) in [4.78, 5) is 144. The molecule has 133 heavy (non-hydrogen) atoms. The van der Waals surface area contributed by atoms with E-state index in [0.717, 1.165) is 24.0 Å². The number of fused-ring (bicyclic) bond motifs is 6. The van der Waals surface area contributed by atoms with Crippen LogP contribution in [0.2, 0.25) is 0 Å². The molecule has 8 aliphatic rings. The minimum absolute atomic E-state index is 0.0158. The van der Waals surface area contributed by atoms with Crippen molar-refractivity contribution in [2.24, 2.45) is 71.0 Å². The third kappa shape index (κ3) is 31.6. The Morgan fingerprint density at radius 2 is 0.842 bits per heavy atom. The second-order valence-electron chi connectivity index (χ2n) is 39.7. The first-order valence-electron chi connectivity index (χ1n) is 48.9. The number of amides is 2. The van der Waals surface area contributed by atoms with Gasteiger partial charge in [0.15, 0.2) is 11.6 Å². The molecule has 6 aliphatic heterocycles. The first-order valence-corrected chi connectivity index (χ1v) is 48.9. The predicted molar refractivity (Wildman–Crippen MR) is 501 cm³/mol. The van der Waals surface area contributed by atoms with Crippen molar-refractivity contribution in [2.45, 2.75) is 360 Å². The summed E-state index contributed by atoms with van der Waals surface area (Å²) in [6.07, 6.45) is 23.2. The Balaban J connectivity index is 0.000000364. The number of hydrogen-bond donors (Lipinski definition) is 6. The lowest BCUT2D eigenvalue weighted by Crippen LogP contribution is -2.61. The van der Waals surface area contributed by atoms with Gasteiger partial charge in [0.25, 0.3) is 23.4 Å². The van der Waals surface area contributed by atoms with Crippen molar-refractivity contribution in [3.63, 3.8) is 0 Å². The molecule has 2 saturated carbocycles. The van der Waals surface area contributed by atoms with Crippen LogP contribution in [0.15, 0.2) is 95.2 Å². The highest BCUT2D eigenvalue weighted by Crippen LogP contribution is 2.42. The molecule has 0 aromatic rings. The van der Waals surface area contributed by atoms with Crippen LogP contribution in [-0.4, -0.2) is 277 Å². The summed E-state index contributed by atoms with van der Waals surface area (Å²) < 4.78 is 64.9. The number of carbonyl (C=O) groups excluding carboxylic acids is 10. The molecule has 4 bridgehead atoms. The van der Waals surface area contributed by atoms with Crippen LogP contribution >= 0.6 is 0 Å². The lowest BCUT2D eigenvalue weighted by Gasteiger charge is -2.42. The number of nitrogens with zero attached hydrogens (tertiary/aromatic N) is 2. The first kappa shape index (κ1) is 113. The van der Waals surface area contributed by atoms with Crippen LogP contribution in [-0.2, 0) is 100 Å². The maximum atomic E-state index is 14.5. The number of Topliss-reactive ketones (excluding diaryl/α,β-unsaturated/α-hetero) is 6. The standard InChI is InChI=1S/C53H83NO14.C51H79NO13/c1-32-16-12-11-13-17-33(2)44(63-8)30-40-21-19-38(7)53(62,68-40)50(59)51(60)54-23-15-14-18-41(54)52(61)67-45(35(4)28-39-20-22-43(66-25-24-55)46(29-39)64-9)31-42(56)34(3)27-37(6)48(58)49(65-10)47(57)36(5)26-32;1-30-16-12-11-13-17-31(2)42(61-8)28-38-21-19-36(7)51(60,65-38)48(57)49(58)52-23-15-14-18-39(52)50(59)64-43(33(4)26-37-20-22-40(53)44(27-37)62-9)29-41(54)32(3)25-35(6)46(56)47(63-10)45(55)34(5)24-30/h11-13,16-17,27,32,34-36,38-41,43-46,48-49,55,58,62H,14-15,18-26,28-31H2,1-10H3;11-13,16-17,25,30,32-34,36-40,42-44,46-47,53,56,60H,14-15,18-24,26-29H2,1-10H3/b13-11?,16-12+,33-17?,37-27+;13-11?,16-12+,31-17?,35-25+/t32-,34-,35+,36-,38-,39+,40+,41+,43-,44+,45+,46-,48-,49+,53-;30-,32-,33-,34-,36-,37+,38+,39+,40-,42+,43+,44-,46-,47+,51-/m11/s1. The van der Waals surface area contributed by atoms with E-state index >= 15 is 0 Å². The Labute approximate surface area is 790 Å². The molecule has 2 amide bonds. The fourth-order valence-electron chi connectivity index (χ4n) is 20.6. The molecule has 0 aromatic heterocycles. The third-order valence-electron chi connectivity index (χ3n) is 29.4. The molecule has 8 rings (SSSR count). The highest BCUT2D eigenvalue weighted by Gasteiger charge is 2.56. The number of aliphatic hydroxyl groups excluding tert-OH is 4. The first-order chi connectivity index (χ1) is 63.0. The molecule has 4 saturated heterocycles. The van der Waals surface area contributed by atoms with Crippen molar-refractivity contribution in [1.82, 2.24) is 9.80 Å². The summed E-state index contributed by atoms with van der Waals surface area (Å²) in [7, 11) is 9.10. The van der Waals surface area contributed by atoms with E-state index in [1.807, 2.05) is 116 Å². The summed E-state index contributed by atoms with van der Waals surface area (Å²) in [5.74, 6) is -15.9. The molecular formula is C104H162N2O27. The van der Waals surface area contributed by atoms with Crippen LogP contribution in [0.25, 0.3) is 0 Å². The second-order valence-corrected chi connectivity index (χ2v) is 39.7. The lowest BCUT2D eigenvalue weighted by atomic mass is 9.78. The van der Waals surface area contributed by atoms with Gasteiger partial charge in [0, 0.05) is 117 Å². The Morgan fingerprint density at radius 3 is 1.23 bits per heavy atom. The molecule has 0 aromatic carbocycles. The van der Waals surface area contributed by atoms with Gasteiger partial charge >= 0.3 is 11.9 Å². The van der Waals surface area contributed by atoms with Crippen molar-refractivity contribution < 1.29 is 131 Å². The van der Waals surface area contributed by atoms with Crippen molar-refractivity contribution in [2.75, 3.05) is 69.0 Å². The van der Waals surface area contributed by atoms with E-state index < -0.39 is 162 Å². The van der Waals surface area contributed by atoms with Gasteiger partial charge in [0.1, 0.15) is 60.3 Å². The number of ether oxygens (including phenoxy) is 11. The van der Waals surface area contributed by atoms with Gasteiger partial charge in [-0.05, 0) is 214 Å². The largest absolute Gasteiger partial charge is 0.460 e. The molecule has 0 spiro atoms. The zero-order chi connectivity index (χ0) is 98.5. The van der Waals surface area contributed by atoms with Gasteiger partial charge in [0.2, 0.25) is 11.6 Å². The highest BCUT2D eigenvalue weighted by molar-refractivity contribution is 6.39. The Hall–Kier alpha value is -6.78. The maximum absolute atomic E-state index is 14.5. The van der Waals surface area contributed by atoms with E-state index in [9.17, 15) is 78.6 Å². The Kier molecular flexibility index (Phi) is 46.4. The Morgan fingerprint density at radius 1 is 0.444 bits per heavy atom. The second kappa shape index (κ2) is 54.5. The molecule has 750 valence electrons. The molecule has 6 N–H and O–H groups in total. The fourth-order valence-corrected chi connectivity index (χ4v) is 20.6. The van der Waals surface area contributed by atoms with E-state index in [4.69, 9.17) is 52.1 Å². The van der Waals surface area contributed by atoms with Crippen LogP contribution < -0.4 is 0 Å². The molecule has 6 heterocycles. The molecule has 0 radical (unpaired) electrons. The summed E-state index contributed by atoms with van der Waals surface area (Å²) in [5.41, 5.74) is 2.53. The van der Waals surface area contributed by atoms with E-state index in [0.29, 0.717) is 127 Å². The van der Waals surface area contributed by atoms with Gasteiger partial charge in [0.05, 0.1) is 62.0 Å². The normalized spacial score (nSPS) is 38.5. The predicted octanol–water partition coefficient (Wildman–Crippen LogP) is 12.4.